The Morgan fingerprint density at radius 1 is 1.08 bits per heavy atom. The lowest BCUT2D eigenvalue weighted by molar-refractivity contribution is -0.150. The van der Waals surface area contributed by atoms with Crippen LogP contribution >= 0.6 is 0 Å². The number of alkyl carbamates (subject to hydrolysis) is 1. The predicted octanol–water partition coefficient (Wildman–Crippen LogP) is 5.76. The molecule has 3 amide bonds. The van der Waals surface area contributed by atoms with Crippen LogP contribution in [0.4, 0.5) is 4.79 Å². The molecule has 214 valence electrons. The highest BCUT2D eigenvalue weighted by atomic mass is 16.6. The number of nitrogens with one attached hydrogen (secondary N) is 2. The molecule has 3 N–H and O–H groups in total. The van der Waals surface area contributed by atoms with Gasteiger partial charge in [-0.15, -0.1) is 0 Å². The Balaban J connectivity index is 2.58. The van der Waals surface area contributed by atoms with E-state index in [0.29, 0.717) is 17.5 Å². The van der Waals surface area contributed by atoms with Crippen molar-refractivity contribution >= 4 is 17.9 Å². The first-order valence-electron chi connectivity index (χ1n) is 14.0. The molecule has 2 unspecified atom stereocenters. The highest BCUT2D eigenvalue weighted by molar-refractivity contribution is 5.93. The fourth-order valence-corrected chi connectivity index (χ4v) is 4.84. The van der Waals surface area contributed by atoms with Gasteiger partial charge >= 0.3 is 6.09 Å². The summed E-state index contributed by atoms with van der Waals surface area (Å²) in [5.41, 5.74) is -0.210. The van der Waals surface area contributed by atoms with Gasteiger partial charge in [0.25, 0.3) is 0 Å². The van der Waals surface area contributed by atoms with Gasteiger partial charge < -0.3 is 25.4 Å². The van der Waals surface area contributed by atoms with Gasteiger partial charge in [-0.25, -0.2) is 4.79 Å². The Hall–Kier alpha value is -2.77. The summed E-state index contributed by atoms with van der Waals surface area (Å²) in [4.78, 5) is 42.8. The van der Waals surface area contributed by atoms with E-state index >= 15 is 0 Å². The number of ether oxygens (including phenoxy) is 1. The minimum atomic E-state index is -0.944. The summed E-state index contributed by atoms with van der Waals surface area (Å²) < 4.78 is 5.45. The first-order chi connectivity index (χ1) is 17.6. The van der Waals surface area contributed by atoms with Crippen molar-refractivity contribution < 1.29 is 24.2 Å². The van der Waals surface area contributed by atoms with Crippen LogP contribution in [0.15, 0.2) is 18.2 Å². The van der Waals surface area contributed by atoms with Gasteiger partial charge in [0.2, 0.25) is 11.8 Å². The second-order valence-corrected chi connectivity index (χ2v) is 12.5. The summed E-state index contributed by atoms with van der Waals surface area (Å²) in [5.74, 6) is -0.739. The second-order valence-electron chi connectivity index (χ2n) is 12.5. The standard InChI is InChI=1S/C30H49N3O5/c1-10-30(8,9)33(27(36)24(19(2)3)32-28(37)38-29(5,6)7)25(21-16-17-23(34)20(4)18-21)26(35)31-22-14-12-11-13-15-22/h16-19,22,24-25,34H,10-15H2,1-9H3,(H,31,35)(H,32,37). The van der Waals surface area contributed by atoms with Gasteiger partial charge in [0.15, 0.2) is 0 Å². The molecule has 38 heavy (non-hydrogen) atoms. The molecule has 8 nitrogen and oxygen atoms in total. The Morgan fingerprint density at radius 2 is 1.68 bits per heavy atom. The van der Waals surface area contributed by atoms with Gasteiger partial charge in [-0.2, -0.15) is 0 Å². The van der Waals surface area contributed by atoms with E-state index in [-0.39, 0.29) is 29.5 Å². The number of carbonyl (C=O) groups is 3. The number of aromatic hydroxyl groups is 1. The molecular weight excluding hydrogens is 482 g/mol. The molecule has 2 atom stereocenters. The third-order valence-corrected chi connectivity index (χ3v) is 7.35. The van der Waals surface area contributed by atoms with Crippen LogP contribution in [0.2, 0.25) is 0 Å². The van der Waals surface area contributed by atoms with E-state index in [1.807, 2.05) is 34.6 Å². The smallest absolute Gasteiger partial charge is 0.408 e. The number of benzene rings is 1. The maximum atomic E-state index is 14.4. The molecule has 0 bridgehead atoms. The lowest BCUT2D eigenvalue weighted by Gasteiger charge is -2.45. The molecule has 1 aromatic carbocycles. The van der Waals surface area contributed by atoms with Gasteiger partial charge in [0.05, 0.1) is 0 Å². The normalized spacial score (nSPS) is 16.5. The highest BCUT2D eigenvalue weighted by Gasteiger charge is 2.44. The SMILES string of the molecule is CCC(C)(C)N(C(=O)C(NC(=O)OC(C)(C)C)C(C)C)C(C(=O)NC1CCCCC1)c1ccc(O)c(C)c1. The third-order valence-electron chi connectivity index (χ3n) is 7.35. The van der Waals surface area contributed by atoms with Crippen LogP contribution in [0.1, 0.15) is 111 Å². The van der Waals surface area contributed by atoms with Crippen molar-refractivity contribution in [3.63, 3.8) is 0 Å². The number of carbonyl (C=O) groups excluding carboxylic acids is 3. The maximum absolute atomic E-state index is 14.4. The highest BCUT2D eigenvalue weighted by Crippen LogP contribution is 2.35. The van der Waals surface area contributed by atoms with Crippen LogP contribution in [-0.2, 0) is 14.3 Å². The molecule has 0 radical (unpaired) electrons. The summed E-state index contributed by atoms with van der Waals surface area (Å²) >= 11 is 0. The molecule has 1 aliphatic rings. The first-order valence-corrected chi connectivity index (χ1v) is 14.0. The van der Waals surface area contributed by atoms with Gasteiger partial charge in [-0.1, -0.05) is 46.1 Å². The Morgan fingerprint density at radius 3 is 2.18 bits per heavy atom. The van der Waals surface area contributed by atoms with Crippen LogP contribution in [0.25, 0.3) is 0 Å². The minimum absolute atomic E-state index is 0.0550. The van der Waals surface area contributed by atoms with Crippen LogP contribution in [0.3, 0.4) is 0 Å². The summed E-state index contributed by atoms with van der Waals surface area (Å²) in [6.45, 7) is 16.6. The number of amides is 3. The van der Waals surface area contributed by atoms with Crippen LogP contribution < -0.4 is 10.6 Å². The van der Waals surface area contributed by atoms with E-state index in [0.717, 1.165) is 32.1 Å². The van der Waals surface area contributed by atoms with E-state index in [2.05, 4.69) is 10.6 Å². The maximum Gasteiger partial charge on any atom is 0.408 e. The van der Waals surface area contributed by atoms with E-state index in [1.165, 1.54) is 0 Å². The third kappa shape index (κ3) is 8.37. The zero-order chi connectivity index (χ0) is 28.8. The summed E-state index contributed by atoms with van der Waals surface area (Å²) in [6.07, 6.45) is 5.01. The van der Waals surface area contributed by atoms with E-state index in [4.69, 9.17) is 4.74 Å². The second kappa shape index (κ2) is 12.9. The number of hydrogen-bond acceptors (Lipinski definition) is 5. The van der Waals surface area contributed by atoms with Gasteiger partial charge in [-0.3, -0.25) is 9.59 Å². The molecule has 0 spiro atoms. The molecule has 0 saturated heterocycles. The summed E-state index contributed by atoms with van der Waals surface area (Å²) in [5, 5.41) is 16.2. The zero-order valence-corrected chi connectivity index (χ0v) is 24.8. The number of rotatable bonds is 9. The molecule has 0 heterocycles. The number of nitrogens with zero attached hydrogens (tertiary/aromatic N) is 1. The average molecular weight is 532 g/mol. The number of hydrogen-bond donors (Lipinski definition) is 3. The van der Waals surface area contributed by atoms with Crippen molar-refractivity contribution in [1.29, 1.82) is 0 Å². The summed E-state index contributed by atoms with van der Waals surface area (Å²) in [6, 6.07) is 3.23. The Kier molecular flexibility index (Phi) is 10.6. The number of aryl methyl sites for hydroxylation is 1. The van der Waals surface area contributed by atoms with Gasteiger partial charge in [0, 0.05) is 11.6 Å². The predicted molar refractivity (Wildman–Crippen MR) is 150 cm³/mol. The molecular formula is C30H49N3O5. The molecule has 1 aliphatic carbocycles. The van der Waals surface area contributed by atoms with Crippen LogP contribution in [-0.4, -0.2) is 51.1 Å². The van der Waals surface area contributed by atoms with Crippen molar-refractivity contribution in [3.8, 4) is 5.75 Å². The molecule has 1 saturated carbocycles. The van der Waals surface area contributed by atoms with E-state index < -0.39 is 29.3 Å². The lowest BCUT2D eigenvalue weighted by Crippen LogP contribution is -2.61. The molecule has 1 aromatic rings. The van der Waals surface area contributed by atoms with Crippen molar-refractivity contribution in [3.05, 3.63) is 29.3 Å². The molecule has 2 rings (SSSR count). The average Bonchev–Trinajstić information content (AvgIpc) is 2.81. The van der Waals surface area contributed by atoms with Gasteiger partial charge in [0.1, 0.15) is 23.4 Å². The van der Waals surface area contributed by atoms with Crippen molar-refractivity contribution in [2.45, 2.75) is 130 Å². The fourth-order valence-electron chi connectivity index (χ4n) is 4.84. The number of phenolic OH excluding ortho intramolecular Hbond substituents is 1. The molecule has 0 aromatic heterocycles. The van der Waals surface area contributed by atoms with E-state index in [9.17, 15) is 19.5 Å². The molecule has 0 aliphatic heterocycles. The van der Waals surface area contributed by atoms with E-state index in [1.54, 1.807) is 50.8 Å². The quantitative estimate of drug-likeness (QED) is 0.376. The van der Waals surface area contributed by atoms with Crippen molar-refractivity contribution in [1.82, 2.24) is 15.5 Å². The molecule has 1 fully saturated rings. The first kappa shape index (κ1) is 31.4. The van der Waals surface area contributed by atoms with Crippen molar-refractivity contribution in [2.24, 2.45) is 5.92 Å². The summed E-state index contributed by atoms with van der Waals surface area (Å²) in [7, 11) is 0. The van der Waals surface area contributed by atoms with Gasteiger partial charge in [-0.05, 0) is 90.0 Å². The fraction of sp³-hybridized carbons (Fsp3) is 0.700. The zero-order valence-electron chi connectivity index (χ0n) is 24.8. The lowest BCUT2D eigenvalue weighted by atomic mass is 9.89. The topological polar surface area (TPSA) is 108 Å². The number of phenols is 1. The minimum Gasteiger partial charge on any atom is -0.508 e. The Labute approximate surface area is 228 Å². The van der Waals surface area contributed by atoms with Crippen LogP contribution in [0.5, 0.6) is 5.75 Å². The monoisotopic (exact) mass is 531 g/mol. The largest absolute Gasteiger partial charge is 0.508 e. The van der Waals surface area contributed by atoms with Crippen molar-refractivity contribution in [2.75, 3.05) is 0 Å². The Bertz CT molecular complexity index is 977. The van der Waals surface area contributed by atoms with Crippen LogP contribution in [0, 0.1) is 12.8 Å². The molecule has 8 heteroatoms.